The van der Waals surface area contributed by atoms with Crippen LogP contribution in [0.25, 0.3) is 0 Å². The predicted molar refractivity (Wildman–Crippen MR) is 75.3 cm³/mol. The molecule has 1 atom stereocenters. The highest BCUT2D eigenvalue weighted by atomic mass is 35.5. The van der Waals surface area contributed by atoms with Gasteiger partial charge in [-0.05, 0) is 32.0 Å². The number of anilines is 2. The van der Waals surface area contributed by atoms with Crippen molar-refractivity contribution in [1.82, 2.24) is 19.9 Å². The van der Waals surface area contributed by atoms with Crippen LogP contribution in [0.5, 0.6) is 0 Å². The third-order valence-electron chi connectivity index (χ3n) is 2.92. The Hall–Kier alpha value is -1.14. The molecule has 102 valence electrons. The van der Waals surface area contributed by atoms with E-state index in [9.17, 15) is 0 Å². The third-order valence-corrected chi connectivity index (χ3v) is 3.09. The van der Waals surface area contributed by atoms with Crippen LogP contribution in [0.15, 0.2) is 0 Å². The molecule has 6 nitrogen and oxygen atoms in total. The molecule has 7 heteroatoms. The second kappa shape index (κ2) is 7.33. The van der Waals surface area contributed by atoms with Gasteiger partial charge >= 0.3 is 0 Å². The maximum Gasteiger partial charge on any atom is 0.228 e. The Balaban J connectivity index is 2.46. The van der Waals surface area contributed by atoms with Gasteiger partial charge in [0, 0.05) is 26.2 Å². The molecule has 2 N–H and O–H groups in total. The molecule has 1 unspecified atom stereocenters. The zero-order chi connectivity index (χ0) is 13.5. The molecule has 1 aromatic rings. The molecule has 0 fully saturated rings. The smallest absolute Gasteiger partial charge is 0.228 e. The fourth-order valence-electron chi connectivity index (χ4n) is 1.42. The van der Waals surface area contributed by atoms with Gasteiger partial charge in [0.2, 0.25) is 17.2 Å². The number of rotatable bonds is 7. The average Bonchev–Trinajstić information content (AvgIpc) is 2.36. The summed E-state index contributed by atoms with van der Waals surface area (Å²) in [6.45, 7) is 6.08. The van der Waals surface area contributed by atoms with Gasteiger partial charge in [-0.25, -0.2) is 0 Å². The molecule has 1 aromatic heterocycles. The van der Waals surface area contributed by atoms with Gasteiger partial charge in [-0.1, -0.05) is 6.92 Å². The first-order chi connectivity index (χ1) is 8.56. The van der Waals surface area contributed by atoms with Crippen LogP contribution in [0.2, 0.25) is 5.28 Å². The Morgan fingerprint density at radius 3 is 2.56 bits per heavy atom. The van der Waals surface area contributed by atoms with E-state index in [0.29, 0.717) is 17.9 Å². The molecule has 0 aliphatic rings. The Morgan fingerprint density at radius 2 is 1.94 bits per heavy atom. The summed E-state index contributed by atoms with van der Waals surface area (Å²) in [6.07, 6.45) is 1.14. The second-order valence-electron chi connectivity index (χ2n) is 4.17. The molecular weight excluding hydrogens is 252 g/mol. The van der Waals surface area contributed by atoms with E-state index in [1.807, 2.05) is 0 Å². The number of aromatic nitrogens is 3. The SMILES string of the molecule is CCC(C)N(C)CCNc1nc(Cl)nc(NC)n1. The molecule has 0 bridgehead atoms. The summed E-state index contributed by atoms with van der Waals surface area (Å²) < 4.78 is 0. The van der Waals surface area contributed by atoms with Gasteiger partial charge in [0.25, 0.3) is 0 Å². The molecule has 0 amide bonds. The monoisotopic (exact) mass is 272 g/mol. The lowest BCUT2D eigenvalue weighted by Crippen LogP contribution is -2.32. The van der Waals surface area contributed by atoms with Crippen LogP contribution in [-0.2, 0) is 0 Å². The summed E-state index contributed by atoms with van der Waals surface area (Å²) in [5.41, 5.74) is 0. The zero-order valence-electron chi connectivity index (χ0n) is 11.4. The molecule has 0 radical (unpaired) electrons. The van der Waals surface area contributed by atoms with E-state index in [2.05, 4.69) is 51.4 Å². The summed E-state index contributed by atoms with van der Waals surface area (Å²) in [5, 5.41) is 6.17. The summed E-state index contributed by atoms with van der Waals surface area (Å²) >= 11 is 5.79. The molecule has 1 heterocycles. The Morgan fingerprint density at radius 1 is 1.28 bits per heavy atom. The van der Waals surface area contributed by atoms with Crippen molar-refractivity contribution in [3.05, 3.63) is 5.28 Å². The lowest BCUT2D eigenvalue weighted by molar-refractivity contribution is 0.261. The minimum absolute atomic E-state index is 0.187. The van der Waals surface area contributed by atoms with Gasteiger partial charge in [0.05, 0.1) is 0 Å². The van der Waals surface area contributed by atoms with Crippen molar-refractivity contribution in [3.8, 4) is 0 Å². The summed E-state index contributed by atoms with van der Waals surface area (Å²) in [5.74, 6) is 0.963. The van der Waals surface area contributed by atoms with Crippen LogP contribution in [0.1, 0.15) is 20.3 Å². The maximum atomic E-state index is 5.79. The van der Waals surface area contributed by atoms with Crippen molar-refractivity contribution in [2.24, 2.45) is 0 Å². The fourth-order valence-corrected chi connectivity index (χ4v) is 1.58. The molecule has 1 rings (SSSR count). The maximum absolute atomic E-state index is 5.79. The first kappa shape index (κ1) is 14.9. The Bertz CT molecular complexity index is 373. The van der Waals surface area contributed by atoms with Gasteiger partial charge in [0.1, 0.15) is 0 Å². The highest BCUT2D eigenvalue weighted by molar-refractivity contribution is 6.28. The normalized spacial score (nSPS) is 12.6. The molecule has 0 aliphatic heterocycles. The molecule has 18 heavy (non-hydrogen) atoms. The quantitative estimate of drug-likeness (QED) is 0.788. The molecule has 0 saturated heterocycles. The van der Waals surface area contributed by atoms with E-state index in [-0.39, 0.29) is 5.28 Å². The van der Waals surface area contributed by atoms with Crippen molar-refractivity contribution in [3.63, 3.8) is 0 Å². The van der Waals surface area contributed by atoms with Gasteiger partial charge < -0.3 is 15.5 Å². The van der Waals surface area contributed by atoms with E-state index >= 15 is 0 Å². The lowest BCUT2D eigenvalue weighted by atomic mass is 10.2. The topological polar surface area (TPSA) is 66.0 Å². The first-order valence-electron chi connectivity index (χ1n) is 6.10. The van der Waals surface area contributed by atoms with Crippen LogP contribution in [0.4, 0.5) is 11.9 Å². The predicted octanol–water partition coefficient (Wildman–Crippen LogP) is 1.71. The van der Waals surface area contributed by atoms with Gasteiger partial charge in [-0.3, -0.25) is 0 Å². The van der Waals surface area contributed by atoms with E-state index in [4.69, 9.17) is 11.6 Å². The van der Waals surface area contributed by atoms with Crippen molar-refractivity contribution >= 4 is 23.5 Å². The van der Waals surface area contributed by atoms with Crippen molar-refractivity contribution in [1.29, 1.82) is 0 Å². The fraction of sp³-hybridized carbons (Fsp3) is 0.727. The van der Waals surface area contributed by atoms with Crippen LogP contribution in [-0.4, -0.2) is 53.1 Å². The molecule has 0 saturated carbocycles. The largest absolute Gasteiger partial charge is 0.357 e. The number of likely N-dealkylation sites (N-methyl/N-ethyl adjacent to an activating group) is 1. The van der Waals surface area contributed by atoms with Gasteiger partial charge in [-0.2, -0.15) is 15.0 Å². The van der Waals surface area contributed by atoms with Crippen LogP contribution >= 0.6 is 11.6 Å². The molecular formula is C11H21ClN6. The number of hydrogen-bond donors (Lipinski definition) is 2. The van der Waals surface area contributed by atoms with Crippen molar-refractivity contribution in [2.45, 2.75) is 26.3 Å². The Labute approximate surface area is 113 Å². The molecule has 0 aromatic carbocycles. The number of nitrogens with zero attached hydrogens (tertiary/aromatic N) is 4. The number of nitrogens with one attached hydrogen (secondary N) is 2. The van der Waals surface area contributed by atoms with Gasteiger partial charge in [0.15, 0.2) is 0 Å². The number of halogens is 1. The molecule has 0 spiro atoms. The standard InChI is InChI=1S/C11H21ClN6/c1-5-8(2)18(4)7-6-14-11-16-9(12)15-10(13-3)17-11/h8H,5-7H2,1-4H3,(H2,13,14,15,16,17). The molecule has 0 aliphatic carbocycles. The minimum Gasteiger partial charge on any atom is -0.357 e. The lowest BCUT2D eigenvalue weighted by Gasteiger charge is -2.23. The van der Waals surface area contributed by atoms with Crippen molar-refractivity contribution in [2.75, 3.05) is 37.8 Å². The summed E-state index contributed by atoms with van der Waals surface area (Å²) in [6, 6.07) is 0.571. The first-order valence-corrected chi connectivity index (χ1v) is 6.48. The third kappa shape index (κ3) is 4.62. The minimum atomic E-state index is 0.187. The highest BCUT2D eigenvalue weighted by Crippen LogP contribution is 2.08. The van der Waals surface area contributed by atoms with E-state index in [1.165, 1.54) is 0 Å². The van der Waals surface area contributed by atoms with Crippen LogP contribution in [0.3, 0.4) is 0 Å². The van der Waals surface area contributed by atoms with E-state index in [0.717, 1.165) is 19.5 Å². The summed E-state index contributed by atoms with van der Waals surface area (Å²) in [7, 11) is 3.85. The second-order valence-corrected chi connectivity index (χ2v) is 4.50. The summed E-state index contributed by atoms with van der Waals surface area (Å²) in [4.78, 5) is 14.4. The highest BCUT2D eigenvalue weighted by Gasteiger charge is 2.07. The van der Waals surface area contributed by atoms with E-state index < -0.39 is 0 Å². The average molecular weight is 273 g/mol. The number of hydrogen-bond acceptors (Lipinski definition) is 6. The Kier molecular flexibility index (Phi) is 6.07. The van der Waals surface area contributed by atoms with Crippen molar-refractivity contribution < 1.29 is 0 Å². The zero-order valence-corrected chi connectivity index (χ0v) is 12.1. The van der Waals surface area contributed by atoms with Crippen LogP contribution < -0.4 is 10.6 Å². The van der Waals surface area contributed by atoms with Gasteiger partial charge in [-0.15, -0.1) is 0 Å². The van der Waals surface area contributed by atoms with E-state index in [1.54, 1.807) is 7.05 Å². The van der Waals surface area contributed by atoms with Crippen LogP contribution in [0, 0.1) is 0 Å².